The Labute approximate surface area is 184 Å². The Morgan fingerprint density at radius 1 is 1.16 bits per heavy atom. The number of rotatable bonds is 4. The largest absolute Gasteiger partial charge is 0.339 e. The molecule has 9 nitrogen and oxygen atoms in total. The first-order valence-corrected chi connectivity index (χ1v) is 10.3. The maximum atomic E-state index is 12.7. The van der Waals surface area contributed by atoms with Crippen molar-refractivity contribution in [1.82, 2.24) is 9.80 Å². The van der Waals surface area contributed by atoms with Crippen molar-refractivity contribution in [2.75, 3.05) is 32.8 Å². The molecule has 1 saturated heterocycles. The van der Waals surface area contributed by atoms with Crippen molar-refractivity contribution in [3.05, 3.63) is 63.7 Å². The smallest absolute Gasteiger partial charge is 0.285 e. The van der Waals surface area contributed by atoms with E-state index in [-0.39, 0.29) is 17.5 Å². The summed E-state index contributed by atoms with van der Waals surface area (Å²) in [7, 11) is 0. The third-order valence-electron chi connectivity index (χ3n) is 5.59. The number of hydrogen-bond donors (Lipinski definition) is 0. The summed E-state index contributed by atoms with van der Waals surface area (Å²) in [5.74, 6) is 0.373. The molecule has 165 valence electrons. The third kappa shape index (κ3) is 4.47. The van der Waals surface area contributed by atoms with Crippen molar-refractivity contribution in [1.29, 1.82) is 0 Å². The molecular weight excluding hydrogens is 414 g/mol. The molecule has 0 saturated carbocycles. The minimum Gasteiger partial charge on any atom is -0.339 e. The van der Waals surface area contributed by atoms with Gasteiger partial charge in [0.05, 0.1) is 23.2 Å². The van der Waals surface area contributed by atoms with Crippen LogP contribution in [-0.2, 0) is 20.9 Å². The number of amides is 2. The van der Waals surface area contributed by atoms with Gasteiger partial charge >= 0.3 is 0 Å². The fourth-order valence-corrected chi connectivity index (χ4v) is 3.87. The van der Waals surface area contributed by atoms with Gasteiger partial charge in [-0.05, 0) is 35.4 Å². The molecule has 2 aromatic rings. The highest BCUT2D eigenvalue weighted by molar-refractivity contribution is 5.94. The summed E-state index contributed by atoms with van der Waals surface area (Å²) in [6, 6.07) is 11.2. The number of fused-ring (bicyclic) bond motifs is 1. The van der Waals surface area contributed by atoms with Crippen LogP contribution in [0.15, 0.2) is 36.4 Å². The van der Waals surface area contributed by atoms with Gasteiger partial charge in [-0.1, -0.05) is 12.1 Å². The van der Waals surface area contributed by atoms with Gasteiger partial charge in [-0.3, -0.25) is 19.7 Å². The van der Waals surface area contributed by atoms with Crippen molar-refractivity contribution >= 4 is 23.6 Å². The topological polar surface area (TPSA) is 102 Å². The number of nitro benzene ring substituents is 1. The summed E-state index contributed by atoms with van der Waals surface area (Å²) >= 11 is 0. The summed E-state index contributed by atoms with van der Waals surface area (Å²) in [6.45, 7) is 3.80. The molecule has 0 unspecified atom stereocenters. The predicted octanol–water partition coefficient (Wildman–Crippen LogP) is 2.63. The number of carbonyl (C=O) groups is 2. The molecular formula is C23H22N3O6. The van der Waals surface area contributed by atoms with Crippen LogP contribution in [-0.4, -0.2) is 59.3 Å². The van der Waals surface area contributed by atoms with Gasteiger partial charge in [-0.2, -0.15) is 4.89 Å². The van der Waals surface area contributed by atoms with Crippen LogP contribution >= 0.6 is 0 Å². The quantitative estimate of drug-likeness (QED) is 0.316. The van der Waals surface area contributed by atoms with Gasteiger partial charge in [-0.15, -0.1) is 0 Å². The summed E-state index contributed by atoms with van der Waals surface area (Å²) in [5, 5.41) is 11.7. The molecule has 1 fully saturated rings. The standard InChI is InChI=1S/C23H22N3O6/c1-16(27)24-10-12-25(13-11-24)22(28)8-6-17-3-2-4-20(26(29)30)23(17)19-5-7-21-18(15-19)9-14-31-32-21/h2-3,5-8,15H,9-14H2,1H3/b8-6+. The van der Waals surface area contributed by atoms with Crippen LogP contribution in [0.2, 0.25) is 0 Å². The fourth-order valence-electron chi connectivity index (χ4n) is 3.87. The van der Waals surface area contributed by atoms with E-state index in [0.29, 0.717) is 61.6 Å². The lowest BCUT2D eigenvalue weighted by Crippen LogP contribution is -2.49. The van der Waals surface area contributed by atoms with E-state index in [1.807, 2.05) is 6.07 Å². The summed E-state index contributed by atoms with van der Waals surface area (Å²) < 4.78 is 0. The summed E-state index contributed by atoms with van der Waals surface area (Å²) in [6.07, 6.45) is 3.64. The second kappa shape index (κ2) is 9.19. The lowest BCUT2D eigenvalue weighted by atomic mass is 9.95. The van der Waals surface area contributed by atoms with Crippen molar-refractivity contribution in [2.24, 2.45) is 0 Å². The Morgan fingerprint density at radius 2 is 1.91 bits per heavy atom. The Morgan fingerprint density at radius 3 is 2.62 bits per heavy atom. The Hall–Kier alpha value is -3.72. The first kappa shape index (κ1) is 21.5. The first-order valence-electron chi connectivity index (χ1n) is 10.3. The average molecular weight is 436 g/mol. The first-order chi connectivity index (χ1) is 15.4. The van der Waals surface area contributed by atoms with Gasteiger partial charge in [0.15, 0.2) is 5.75 Å². The third-order valence-corrected chi connectivity index (χ3v) is 5.59. The maximum Gasteiger partial charge on any atom is 0.285 e. The molecule has 2 heterocycles. The molecule has 2 aromatic carbocycles. The van der Waals surface area contributed by atoms with Crippen molar-refractivity contribution in [3.8, 4) is 16.9 Å². The van der Waals surface area contributed by atoms with Gasteiger partial charge in [0.2, 0.25) is 11.8 Å². The van der Waals surface area contributed by atoms with Crippen LogP contribution in [0.25, 0.3) is 17.2 Å². The van der Waals surface area contributed by atoms with E-state index >= 15 is 0 Å². The monoisotopic (exact) mass is 436 g/mol. The number of hydrogen-bond acceptors (Lipinski definition) is 6. The SMILES string of the molecule is CC(=O)N1CCN(C(=O)/C=C/c2cc[c]c([N+](=O)[O-])c2-c2ccc3c(c2)CCOO3)CC1. The zero-order valence-corrected chi connectivity index (χ0v) is 17.6. The Kier molecular flexibility index (Phi) is 6.18. The predicted molar refractivity (Wildman–Crippen MR) is 116 cm³/mol. The second-order valence-corrected chi connectivity index (χ2v) is 7.56. The molecule has 1 radical (unpaired) electrons. The van der Waals surface area contributed by atoms with Crippen LogP contribution in [0.1, 0.15) is 18.1 Å². The molecule has 32 heavy (non-hydrogen) atoms. The molecule has 0 atom stereocenters. The molecule has 2 aliphatic rings. The van der Waals surface area contributed by atoms with Crippen LogP contribution in [0.4, 0.5) is 5.69 Å². The number of piperazine rings is 1. The summed E-state index contributed by atoms with van der Waals surface area (Å²) in [5.41, 5.74) is 2.29. The van der Waals surface area contributed by atoms with Gasteiger partial charge in [-0.25, -0.2) is 0 Å². The Balaban J connectivity index is 1.62. The highest BCUT2D eigenvalue weighted by Gasteiger charge is 2.23. The van der Waals surface area contributed by atoms with Crippen LogP contribution < -0.4 is 4.89 Å². The van der Waals surface area contributed by atoms with Gasteiger partial charge in [0.25, 0.3) is 5.69 Å². The van der Waals surface area contributed by atoms with Gasteiger partial charge in [0.1, 0.15) is 0 Å². The van der Waals surface area contributed by atoms with Crippen LogP contribution in [0, 0.1) is 16.2 Å². The van der Waals surface area contributed by atoms with E-state index in [4.69, 9.17) is 9.78 Å². The van der Waals surface area contributed by atoms with E-state index < -0.39 is 4.92 Å². The lowest BCUT2D eigenvalue weighted by molar-refractivity contribution is -0.384. The van der Waals surface area contributed by atoms with Gasteiger partial charge in [0, 0.05) is 51.2 Å². The van der Waals surface area contributed by atoms with Crippen LogP contribution in [0.3, 0.4) is 0 Å². The number of nitro groups is 1. The zero-order valence-electron chi connectivity index (χ0n) is 17.6. The minimum absolute atomic E-state index is 0.00728. The van der Waals surface area contributed by atoms with Crippen molar-refractivity contribution in [2.45, 2.75) is 13.3 Å². The molecule has 2 aliphatic heterocycles. The van der Waals surface area contributed by atoms with Crippen molar-refractivity contribution < 1.29 is 24.3 Å². The maximum absolute atomic E-state index is 12.7. The number of nitrogens with zero attached hydrogens (tertiary/aromatic N) is 3. The average Bonchev–Trinajstić information content (AvgIpc) is 2.82. The summed E-state index contributed by atoms with van der Waals surface area (Å²) in [4.78, 5) is 48.9. The zero-order chi connectivity index (χ0) is 22.7. The number of benzene rings is 2. The highest BCUT2D eigenvalue weighted by Crippen LogP contribution is 2.37. The lowest BCUT2D eigenvalue weighted by Gasteiger charge is -2.33. The molecule has 0 N–H and O–H groups in total. The van der Waals surface area contributed by atoms with Crippen molar-refractivity contribution in [3.63, 3.8) is 0 Å². The van der Waals surface area contributed by atoms with E-state index in [1.165, 1.54) is 19.1 Å². The Bertz CT molecular complexity index is 1090. The molecule has 4 rings (SSSR count). The number of carbonyl (C=O) groups excluding carboxylic acids is 2. The van der Waals surface area contributed by atoms with E-state index in [1.54, 1.807) is 34.1 Å². The molecule has 0 bridgehead atoms. The molecule has 9 heteroatoms. The molecule has 0 aromatic heterocycles. The van der Waals surface area contributed by atoms with E-state index in [2.05, 4.69) is 6.07 Å². The molecule has 0 spiro atoms. The van der Waals surface area contributed by atoms with Crippen LogP contribution in [0.5, 0.6) is 5.75 Å². The fraction of sp³-hybridized carbons (Fsp3) is 0.304. The van der Waals surface area contributed by atoms with Gasteiger partial charge < -0.3 is 14.7 Å². The molecule has 0 aliphatic carbocycles. The normalized spacial score (nSPS) is 15.9. The van der Waals surface area contributed by atoms with E-state index in [9.17, 15) is 19.7 Å². The van der Waals surface area contributed by atoms with E-state index in [0.717, 1.165) is 5.56 Å². The molecule has 2 amide bonds. The second-order valence-electron chi connectivity index (χ2n) is 7.56. The highest BCUT2D eigenvalue weighted by atomic mass is 17.2. The minimum atomic E-state index is -0.478.